The number of sulfonamides is 1. The lowest BCUT2D eigenvalue weighted by Crippen LogP contribution is -2.57. The first-order valence-electron chi connectivity index (χ1n) is 17.6. The molecular weight excluding hydrogens is 669 g/mol. The second-order valence-corrected chi connectivity index (χ2v) is 17.3. The molecule has 0 spiro atoms. The molecule has 1 saturated heterocycles. The minimum Gasteiger partial charge on any atom is -0.444 e. The third kappa shape index (κ3) is 8.42. The molecule has 3 fully saturated rings. The Morgan fingerprint density at radius 1 is 1.10 bits per heavy atom. The van der Waals surface area contributed by atoms with Crippen molar-refractivity contribution in [1.29, 1.82) is 0 Å². The fourth-order valence-corrected chi connectivity index (χ4v) is 8.54. The van der Waals surface area contributed by atoms with E-state index in [4.69, 9.17) is 9.47 Å². The average molecular weight is 718 g/mol. The number of carbonyl (C=O) groups is 4. The van der Waals surface area contributed by atoms with Gasteiger partial charge in [0.1, 0.15) is 29.6 Å². The van der Waals surface area contributed by atoms with Crippen LogP contribution in [0.25, 0.3) is 0 Å². The minimum absolute atomic E-state index is 0.0119. The van der Waals surface area contributed by atoms with Crippen molar-refractivity contribution < 1.29 is 41.5 Å². The van der Waals surface area contributed by atoms with Crippen LogP contribution in [0.1, 0.15) is 89.7 Å². The highest BCUT2D eigenvalue weighted by molar-refractivity contribution is 7.90. The van der Waals surface area contributed by atoms with Gasteiger partial charge in [-0.2, -0.15) is 0 Å². The molecule has 1 aromatic rings. The molecule has 0 aromatic heterocycles. The molecule has 50 heavy (non-hydrogen) atoms. The molecule has 0 bridgehead atoms. The Morgan fingerprint density at radius 2 is 1.88 bits per heavy atom. The van der Waals surface area contributed by atoms with E-state index >= 15 is 0 Å². The number of nitrogens with zero attached hydrogens (tertiary/aromatic N) is 2. The van der Waals surface area contributed by atoms with Gasteiger partial charge in [-0.1, -0.05) is 37.1 Å². The summed E-state index contributed by atoms with van der Waals surface area (Å²) in [5.74, 6) is -1.51. The Morgan fingerprint density at radius 3 is 2.60 bits per heavy atom. The Kier molecular flexibility index (Phi) is 10.2. The topological polar surface area (TPSA) is 163 Å². The van der Waals surface area contributed by atoms with E-state index < -0.39 is 74.4 Å². The molecule has 3 N–H and O–H groups in total. The zero-order chi connectivity index (χ0) is 35.8. The zero-order valence-electron chi connectivity index (χ0n) is 28.9. The lowest BCUT2D eigenvalue weighted by molar-refractivity contribution is -0.140. The summed E-state index contributed by atoms with van der Waals surface area (Å²) in [4.78, 5) is 57.4. The smallest absolute Gasteiger partial charge is 0.410 e. The van der Waals surface area contributed by atoms with Gasteiger partial charge in [-0.3, -0.25) is 14.5 Å². The van der Waals surface area contributed by atoms with Crippen molar-refractivity contribution in [1.82, 2.24) is 25.2 Å². The predicted octanol–water partition coefficient (Wildman–Crippen LogP) is 3.62. The van der Waals surface area contributed by atoms with Crippen LogP contribution in [0, 0.1) is 11.7 Å². The highest BCUT2D eigenvalue weighted by Crippen LogP contribution is 2.45. The summed E-state index contributed by atoms with van der Waals surface area (Å²) in [6.45, 7) is 5.28. The van der Waals surface area contributed by atoms with Crippen molar-refractivity contribution in [2.75, 3.05) is 13.1 Å². The lowest BCUT2D eigenvalue weighted by Gasteiger charge is -2.30. The largest absolute Gasteiger partial charge is 0.444 e. The zero-order valence-corrected chi connectivity index (χ0v) is 29.7. The average Bonchev–Trinajstić information content (AvgIpc) is 3.91. The first-order valence-corrected chi connectivity index (χ1v) is 19.2. The van der Waals surface area contributed by atoms with Crippen molar-refractivity contribution in [3.63, 3.8) is 0 Å². The van der Waals surface area contributed by atoms with E-state index in [2.05, 4.69) is 21.4 Å². The van der Waals surface area contributed by atoms with Crippen LogP contribution in [0.2, 0.25) is 0 Å². The van der Waals surface area contributed by atoms with E-state index in [1.165, 1.54) is 15.9 Å². The maximum atomic E-state index is 14.4. The summed E-state index contributed by atoms with van der Waals surface area (Å²) in [5, 5.41) is 5.37. The first kappa shape index (κ1) is 36.1. The molecule has 1 aromatic carbocycles. The number of carbonyl (C=O) groups excluding carboxylic acids is 4. The van der Waals surface area contributed by atoms with Crippen molar-refractivity contribution >= 4 is 34.0 Å². The number of hydrogen-bond acceptors (Lipinski definition) is 8. The molecule has 5 aliphatic rings. The van der Waals surface area contributed by atoms with Gasteiger partial charge in [0.2, 0.25) is 21.8 Å². The molecule has 13 nitrogen and oxygen atoms in total. The molecule has 4 amide bonds. The van der Waals surface area contributed by atoms with Crippen LogP contribution < -0.4 is 15.4 Å². The van der Waals surface area contributed by atoms with E-state index in [1.807, 2.05) is 6.08 Å². The van der Waals surface area contributed by atoms with E-state index in [9.17, 15) is 32.0 Å². The highest BCUT2D eigenvalue weighted by atomic mass is 32.2. The molecule has 0 unspecified atom stereocenters. The first-order chi connectivity index (χ1) is 23.6. The Labute approximate surface area is 292 Å². The lowest BCUT2D eigenvalue weighted by atomic mass is 10.0. The predicted molar refractivity (Wildman–Crippen MR) is 180 cm³/mol. The van der Waals surface area contributed by atoms with Gasteiger partial charge in [-0.05, 0) is 70.9 Å². The number of rotatable bonds is 6. The van der Waals surface area contributed by atoms with E-state index in [0.717, 1.165) is 19.3 Å². The van der Waals surface area contributed by atoms with Crippen LogP contribution in [-0.4, -0.2) is 89.9 Å². The third-order valence-corrected chi connectivity index (χ3v) is 12.0. The number of amides is 4. The number of benzene rings is 1. The summed E-state index contributed by atoms with van der Waals surface area (Å²) in [7, 11) is -3.52. The number of nitrogens with one attached hydrogen (secondary N) is 3. The number of halogens is 1. The molecule has 5 atom stereocenters. The number of ether oxygens (including phenoxy) is 2. The van der Waals surface area contributed by atoms with Gasteiger partial charge in [-0.25, -0.2) is 27.1 Å². The van der Waals surface area contributed by atoms with Crippen LogP contribution in [0.4, 0.5) is 14.0 Å². The second kappa shape index (κ2) is 14.1. The van der Waals surface area contributed by atoms with Gasteiger partial charge in [0.15, 0.2) is 0 Å². The maximum Gasteiger partial charge on any atom is 0.410 e. The summed E-state index contributed by atoms with van der Waals surface area (Å²) in [6, 6.07) is 2.61. The van der Waals surface area contributed by atoms with E-state index in [1.54, 1.807) is 32.9 Å². The molecule has 3 heterocycles. The Hall–Kier alpha value is -3.72. The molecule has 15 heteroatoms. The molecule has 274 valence electrons. The minimum atomic E-state index is -3.52. The Bertz CT molecular complexity index is 1640. The SMILES string of the molecule is CC(C)(C)OC(=O)N[C@H]1CCCCC/C=C\[C@H]2C[C@@]2(CNS(=O)(=O)C2CC2)NC(=O)[C@@H]2C[C@@H](OC(=O)N3Cc4cccc(F)c4C3)CN2C1=O. The molecule has 2 saturated carbocycles. The normalized spacial score (nSPS) is 29.4. The van der Waals surface area contributed by atoms with Crippen molar-refractivity contribution in [3.05, 3.63) is 47.3 Å². The van der Waals surface area contributed by atoms with Gasteiger partial charge in [-0.15, -0.1) is 0 Å². The van der Waals surface area contributed by atoms with E-state index in [0.29, 0.717) is 43.2 Å². The van der Waals surface area contributed by atoms with Gasteiger partial charge >= 0.3 is 12.2 Å². The third-order valence-electron chi connectivity index (χ3n) is 10.1. The number of fused-ring (bicyclic) bond motifs is 3. The fraction of sp³-hybridized carbons (Fsp3) is 0.657. The number of alkyl carbamates (subject to hydrolysis) is 1. The van der Waals surface area contributed by atoms with Gasteiger partial charge < -0.3 is 25.0 Å². The summed E-state index contributed by atoms with van der Waals surface area (Å²) >= 11 is 0. The molecule has 6 rings (SSSR count). The van der Waals surface area contributed by atoms with E-state index in [-0.39, 0.29) is 38.5 Å². The highest BCUT2D eigenvalue weighted by Gasteiger charge is 2.56. The van der Waals surface area contributed by atoms with Gasteiger partial charge in [0.05, 0.1) is 23.9 Å². The van der Waals surface area contributed by atoms with Crippen LogP contribution in [0.3, 0.4) is 0 Å². The Balaban J connectivity index is 1.23. The number of allylic oxidation sites excluding steroid dienone is 1. The summed E-state index contributed by atoms with van der Waals surface area (Å²) in [5.41, 5.74) is -0.575. The monoisotopic (exact) mass is 717 g/mol. The van der Waals surface area contributed by atoms with Crippen molar-refractivity contribution in [2.24, 2.45) is 5.92 Å². The van der Waals surface area contributed by atoms with Crippen molar-refractivity contribution in [3.8, 4) is 0 Å². The van der Waals surface area contributed by atoms with Crippen LogP contribution in [0.15, 0.2) is 30.4 Å². The summed E-state index contributed by atoms with van der Waals surface area (Å²) < 4.78 is 53.9. The fourth-order valence-electron chi connectivity index (χ4n) is 7.09. The van der Waals surface area contributed by atoms with Crippen molar-refractivity contribution in [2.45, 2.75) is 126 Å². The standard InChI is InChI=1S/C35H48FN5O8S/c1-34(2,3)49-32(44)38-28-13-8-6-4-5-7-11-23-17-35(23,21-37-50(46,47)25-14-15-25)39-30(42)29-16-24(19-41(29)31(28)43)48-33(45)40-18-22-10-9-12-27(36)26(22)20-40/h7,9-12,23-25,28-29,37H,4-6,8,13-21H2,1-3H3,(H,38,44)(H,39,42)/b11-7-/t23-,24+,28-,29-,35-/m0/s1. The van der Waals surface area contributed by atoms with Gasteiger partial charge in [0, 0.05) is 31.0 Å². The maximum absolute atomic E-state index is 14.4. The van der Waals surface area contributed by atoms with Crippen LogP contribution >= 0.6 is 0 Å². The summed E-state index contributed by atoms with van der Waals surface area (Å²) in [6.07, 6.45) is 6.84. The van der Waals surface area contributed by atoms with Crippen LogP contribution in [0.5, 0.6) is 0 Å². The molecular formula is C35H48FN5O8S. The number of hydrogen-bond donors (Lipinski definition) is 3. The molecule has 0 radical (unpaired) electrons. The molecule has 3 aliphatic heterocycles. The molecule has 2 aliphatic carbocycles. The van der Waals surface area contributed by atoms with Crippen LogP contribution in [-0.2, 0) is 42.2 Å². The second-order valence-electron chi connectivity index (χ2n) is 15.3. The van der Waals surface area contributed by atoms with Gasteiger partial charge in [0.25, 0.3) is 0 Å². The quantitative estimate of drug-likeness (QED) is 0.376.